The average Bonchev–Trinajstić information content (AvgIpc) is 2.36. The maximum absolute atomic E-state index is 12.0. The first-order valence-electron chi connectivity index (χ1n) is 5.79. The van der Waals surface area contributed by atoms with Crippen molar-refractivity contribution in [1.29, 1.82) is 0 Å². The third-order valence-corrected chi connectivity index (χ3v) is 4.61. The second-order valence-corrected chi connectivity index (χ2v) is 6.45. The molecule has 1 rings (SSSR count). The van der Waals surface area contributed by atoms with E-state index in [0.717, 1.165) is 6.42 Å². The zero-order chi connectivity index (χ0) is 13.8. The van der Waals surface area contributed by atoms with Crippen molar-refractivity contribution in [3.8, 4) is 0 Å². The van der Waals surface area contributed by atoms with E-state index in [0.29, 0.717) is 17.1 Å². The number of nitrogens with one attached hydrogen (secondary N) is 1. The molecule has 0 bridgehead atoms. The standard InChI is InChI=1S/C12H18ClNO3S/c1-3-9(2)7-14-18(16,17)11-4-5-12(13)10(6-11)8-15/h4-6,9,14-15H,3,7-8H2,1-2H3. The van der Waals surface area contributed by atoms with E-state index in [2.05, 4.69) is 4.72 Å². The highest BCUT2D eigenvalue weighted by Gasteiger charge is 2.16. The molecule has 0 saturated heterocycles. The molecule has 1 unspecified atom stereocenters. The van der Waals surface area contributed by atoms with Crippen LogP contribution in [0.3, 0.4) is 0 Å². The Morgan fingerprint density at radius 1 is 1.44 bits per heavy atom. The van der Waals surface area contributed by atoms with Crippen LogP contribution in [0, 0.1) is 5.92 Å². The van der Waals surface area contributed by atoms with Gasteiger partial charge >= 0.3 is 0 Å². The molecule has 0 amide bonds. The fourth-order valence-corrected chi connectivity index (χ4v) is 2.71. The fraction of sp³-hybridized carbons (Fsp3) is 0.500. The summed E-state index contributed by atoms with van der Waals surface area (Å²) in [5.74, 6) is 0.282. The number of benzene rings is 1. The summed E-state index contributed by atoms with van der Waals surface area (Å²) in [4.78, 5) is 0.124. The number of hydrogen-bond donors (Lipinski definition) is 2. The highest BCUT2D eigenvalue weighted by molar-refractivity contribution is 7.89. The number of hydrogen-bond acceptors (Lipinski definition) is 3. The van der Waals surface area contributed by atoms with E-state index in [1.165, 1.54) is 18.2 Å². The first kappa shape index (κ1) is 15.4. The molecule has 0 aromatic heterocycles. The van der Waals surface area contributed by atoms with E-state index in [1.807, 2.05) is 13.8 Å². The van der Waals surface area contributed by atoms with Gasteiger partial charge in [-0.15, -0.1) is 0 Å². The molecule has 102 valence electrons. The molecule has 18 heavy (non-hydrogen) atoms. The van der Waals surface area contributed by atoms with Gasteiger partial charge in [-0.1, -0.05) is 31.9 Å². The molecule has 0 fully saturated rings. The molecule has 0 saturated carbocycles. The van der Waals surface area contributed by atoms with E-state index in [9.17, 15) is 8.42 Å². The summed E-state index contributed by atoms with van der Waals surface area (Å²) in [5, 5.41) is 9.42. The average molecular weight is 292 g/mol. The second-order valence-electron chi connectivity index (χ2n) is 4.28. The van der Waals surface area contributed by atoms with Crippen molar-refractivity contribution in [2.75, 3.05) is 6.54 Å². The lowest BCUT2D eigenvalue weighted by atomic mass is 10.1. The molecule has 0 radical (unpaired) electrons. The van der Waals surface area contributed by atoms with Gasteiger partial charge in [-0.3, -0.25) is 0 Å². The topological polar surface area (TPSA) is 66.4 Å². The summed E-state index contributed by atoms with van der Waals surface area (Å²) in [6.45, 7) is 4.10. The third kappa shape index (κ3) is 3.95. The van der Waals surface area contributed by atoms with Crippen molar-refractivity contribution < 1.29 is 13.5 Å². The zero-order valence-electron chi connectivity index (χ0n) is 10.5. The maximum atomic E-state index is 12.0. The molecule has 0 heterocycles. The quantitative estimate of drug-likeness (QED) is 0.844. The van der Waals surface area contributed by atoms with Crippen molar-refractivity contribution in [1.82, 2.24) is 4.72 Å². The van der Waals surface area contributed by atoms with Gasteiger partial charge in [0.25, 0.3) is 0 Å². The molecular formula is C12H18ClNO3S. The maximum Gasteiger partial charge on any atom is 0.240 e. The van der Waals surface area contributed by atoms with Crippen molar-refractivity contribution in [2.24, 2.45) is 5.92 Å². The Balaban J connectivity index is 2.91. The van der Waals surface area contributed by atoms with E-state index in [-0.39, 0.29) is 17.4 Å². The minimum absolute atomic E-state index is 0.124. The van der Waals surface area contributed by atoms with E-state index >= 15 is 0 Å². The van der Waals surface area contributed by atoms with Gasteiger partial charge in [0.05, 0.1) is 11.5 Å². The minimum atomic E-state index is -3.53. The molecule has 0 aliphatic carbocycles. The monoisotopic (exact) mass is 291 g/mol. The zero-order valence-corrected chi connectivity index (χ0v) is 12.1. The van der Waals surface area contributed by atoms with Crippen LogP contribution < -0.4 is 4.72 Å². The number of halogens is 1. The summed E-state index contributed by atoms with van der Waals surface area (Å²) >= 11 is 5.82. The van der Waals surface area contributed by atoms with Crippen LogP contribution in [0.15, 0.2) is 23.1 Å². The number of sulfonamides is 1. The highest BCUT2D eigenvalue weighted by Crippen LogP contribution is 2.20. The predicted molar refractivity (Wildman–Crippen MR) is 72.0 cm³/mol. The lowest BCUT2D eigenvalue weighted by molar-refractivity contribution is 0.281. The van der Waals surface area contributed by atoms with Crippen LogP contribution >= 0.6 is 11.6 Å². The van der Waals surface area contributed by atoms with Crippen LogP contribution in [0.5, 0.6) is 0 Å². The van der Waals surface area contributed by atoms with Crippen molar-refractivity contribution >= 4 is 21.6 Å². The van der Waals surface area contributed by atoms with Gasteiger partial charge in [-0.05, 0) is 29.7 Å². The molecule has 1 atom stereocenters. The minimum Gasteiger partial charge on any atom is -0.392 e. The molecule has 0 aliphatic heterocycles. The Hall–Kier alpha value is -0.620. The highest BCUT2D eigenvalue weighted by atomic mass is 35.5. The molecule has 2 N–H and O–H groups in total. The van der Waals surface area contributed by atoms with Crippen molar-refractivity contribution in [2.45, 2.75) is 31.8 Å². The van der Waals surface area contributed by atoms with E-state index in [1.54, 1.807) is 0 Å². The predicted octanol–water partition coefficient (Wildman–Crippen LogP) is 2.16. The Morgan fingerprint density at radius 2 is 2.11 bits per heavy atom. The van der Waals surface area contributed by atoms with Crippen LogP contribution in [0.4, 0.5) is 0 Å². The summed E-state index contributed by atoms with van der Waals surface area (Å²) in [6.07, 6.45) is 0.908. The van der Waals surface area contributed by atoms with Gasteiger partial charge in [0.15, 0.2) is 0 Å². The van der Waals surface area contributed by atoms with Crippen LogP contribution in [-0.4, -0.2) is 20.1 Å². The number of rotatable bonds is 6. The van der Waals surface area contributed by atoms with Gasteiger partial charge in [0.2, 0.25) is 10.0 Å². The van der Waals surface area contributed by atoms with Gasteiger partial charge in [-0.2, -0.15) is 0 Å². The fourth-order valence-electron chi connectivity index (χ4n) is 1.32. The van der Waals surface area contributed by atoms with Crippen molar-refractivity contribution in [3.63, 3.8) is 0 Å². The normalized spacial score (nSPS) is 13.6. The summed E-state index contributed by atoms with van der Waals surface area (Å²) in [7, 11) is -3.53. The third-order valence-electron chi connectivity index (χ3n) is 2.82. The molecule has 1 aromatic rings. The lowest BCUT2D eigenvalue weighted by Crippen LogP contribution is -2.28. The molecule has 6 heteroatoms. The van der Waals surface area contributed by atoms with E-state index < -0.39 is 10.0 Å². The van der Waals surface area contributed by atoms with Crippen LogP contribution in [-0.2, 0) is 16.6 Å². The van der Waals surface area contributed by atoms with Crippen molar-refractivity contribution in [3.05, 3.63) is 28.8 Å². The van der Waals surface area contributed by atoms with Gasteiger partial charge in [-0.25, -0.2) is 13.1 Å². The van der Waals surface area contributed by atoms with Gasteiger partial charge in [0.1, 0.15) is 0 Å². The Bertz CT molecular complexity index is 502. The van der Waals surface area contributed by atoms with Crippen LogP contribution in [0.1, 0.15) is 25.8 Å². The largest absolute Gasteiger partial charge is 0.392 e. The van der Waals surface area contributed by atoms with Gasteiger partial charge < -0.3 is 5.11 Å². The summed E-state index contributed by atoms with van der Waals surface area (Å²) < 4.78 is 26.5. The number of aliphatic hydroxyl groups is 1. The first-order valence-corrected chi connectivity index (χ1v) is 7.65. The smallest absolute Gasteiger partial charge is 0.240 e. The Kier molecular flexibility index (Phi) is 5.59. The lowest BCUT2D eigenvalue weighted by Gasteiger charge is -2.11. The summed E-state index contributed by atoms with van der Waals surface area (Å²) in [5.41, 5.74) is 0.406. The van der Waals surface area contributed by atoms with Crippen LogP contribution in [0.25, 0.3) is 0 Å². The molecule has 4 nitrogen and oxygen atoms in total. The molecular weight excluding hydrogens is 274 g/mol. The number of aliphatic hydroxyl groups excluding tert-OH is 1. The Labute approximate surface area is 113 Å². The van der Waals surface area contributed by atoms with Crippen LogP contribution in [0.2, 0.25) is 5.02 Å². The van der Waals surface area contributed by atoms with E-state index in [4.69, 9.17) is 16.7 Å². The molecule has 0 aliphatic rings. The Morgan fingerprint density at radius 3 is 2.67 bits per heavy atom. The first-order chi connectivity index (χ1) is 8.40. The van der Waals surface area contributed by atoms with Gasteiger partial charge in [0, 0.05) is 11.6 Å². The summed E-state index contributed by atoms with van der Waals surface area (Å²) in [6, 6.07) is 4.30. The molecule has 0 spiro atoms. The second kappa shape index (κ2) is 6.52. The molecule has 1 aromatic carbocycles. The SMILES string of the molecule is CCC(C)CNS(=O)(=O)c1ccc(Cl)c(CO)c1.